The quantitative estimate of drug-likeness (QED) is 0.807. The molecule has 2 aromatic carbocycles. The van der Waals surface area contributed by atoms with E-state index < -0.39 is 11.2 Å². The Morgan fingerprint density at radius 3 is 2.47 bits per heavy atom. The third-order valence-electron chi connectivity index (χ3n) is 3.17. The first kappa shape index (κ1) is 13.6. The van der Waals surface area contributed by atoms with Gasteiger partial charge in [0.1, 0.15) is 5.82 Å². The number of rotatable bonds is 3. The van der Waals surface area contributed by atoms with Gasteiger partial charge in [-0.25, -0.2) is 4.39 Å². The molecule has 0 fully saturated rings. The maximum Gasteiger partial charge on any atom is 0.129 e. The molecular formula is C16H13ClFN. The Bertz CT molecular complexity index is 618. The van der Waals surface area contributed by atoms with Crippen LogP contribution in [0.15, 0.2) is 48.5 Å². The molecule has 0 spiro atoms. The summed E-state index contributed by atoms with van der Waals surface area (Å²) in [7, 11) is 0. The molecule has 1 unspecified atom stereocenters. The van der Waals surface area contributed by atoms with Crippen molar-refractivity contribution in [3.63, 3.8) is 0 Å². The Morgan fingerprint density at radius 2 is 1.89 bits per heavy atom. The van der Waals surface area contributed by atoms with E-state index in [4.69, 9.17) is 11.6 Å². The molecule has 0 saturated carbocycles. The molecule has 0 heterocycles. The molecule has 19 heavy (non-hydrogen) atoms. The van der Waals surface area contributed by atoms with Crippen LogP contribution in [0.1, 0.15) is 18.1 Å². The Balaban J connectivity index is 2.40. The summed E-state index contributed by atoms with van der Waals surface area (Å²) in [5.41, 5.74) is 0.472. The summed E-state index contributed by atoms with van der Waals surface area (Å²) in [5.74, 6) is -0.438. The highest BCUT2D eigenvalue weighted by atomic mass is 35.5. The van der Waals surface area contributed by atoms with Crippen molar-refractivity contribution < 1.29 is 4.39 Å². The number of nitrogens with zero attached hydrogens (tertiary/aromatic N) is 1. The molecule has 3 heteroatoms. The Labute approximate surface area is 117 Å². The van der Waals surface area contributed by atoms with Crippen LogP contribution in [0.2, 0.25) is 5.02 Å². The second kappa shape index (κ2) is 5.42. The Hall–Kier alpha value is -1.85. The van der Waals surface area contributed by atoms with Gasteiger partial charge in [0.2, 0.25) is 0 Å². The molecule has 1 atom stereocenters. The first-order valence-electron chi connectivity index (χ1n) is 5.96. The van der Waals surface area contributed by atoms with E-state index in [0.717, 1.165) is 5.56 Å². The van der Waals surface area contributed by atoms with Gasteiger partial charge in [0.15, 0.2) is 0 Å². The zero-order valence-electron chi connectivity index (χ0n) is 10.5. The van der Waals surface area contributed by atoms with Crippen LogP contribution < -0.4 is 0 Å². The number of benzene rings is 2. The number of hydrogen-bond acceptors (Lipinski definition) is 1. The van der Waals surface area contributed by atoms with Crippen molar-refractivity contribution in [2.75, 3.05) is 0 Å². The standard InChI is InChI=1S/C16H13ClFN/c1-16(11-19,10-12-5-3-2-4-6-12)14-8-7-13(17)9-15(14)18/h2-9H,10H2,1H3. The van der Waals surface area contributed by atoms with E-state index in [1.165, 1.54) is 6.07 Å². The first-order chi connectivity index (χ1) is 9.05. The normalized spacial score (nSPS) is 13.6. The second-order valence-electron chi connectivity index (χ2n) is 4.73. The third-order valence-corrected chi connectivity index (χ3v) is 3.41. The fraction of sp³-hybridized carbons (Fsp3) is 0.188. The van der Waals surface area contributed by atoms with E-state index in [-0.39, 0.29) is 0 Å². The summed E-state index contributed by atoms with van der Waals surface area (Å²) >= 11 is 5.75. The lowest BCUT2D eigenvalue weighted by Crippen LogP contribution is -2.24. The zero-order chi connectivity index (χ0) is 13.9. The Morgan fingerprint density at radius 1 is 1.21 bits per heavy atom. The number of halogens is 2. The average Bonchev–Trinajstić information content (AvgIpc) is 2.39. The van der Waals surface area contributed by atoms with Gasteiger partial charge in [-0.15, -0.1) is 0 Å². The van der Waals surface area contributed by atoms with Gasteiger partial charge in [-0.2, -0.15) is 5.26 Å². The number of nitriles is 1. The highest BCUT2D eigenvalue weighted by molar-refractivity contribution is 6.30. The molecule has 2 aromatic rings. The molecule has 0 aliphatic heterocycles. The minimum atomic E-state index is -0.907. The summed E-state index contributed by atoms with van der Waals surface area (Å²) in [6.07, 6.45) is 0.461. The largest absolute Gasteiger partial charge is 0.207 e. The van der Waals surface area contributed by atoms with Crippen LogP contribution in [-0.4, -0.2) is 0 Å². The van der Waals surface area contributed by atoms with E-state index >= 15 is 0 Å². The van der Waals surface area contributed by atoms with Gasteiger partial charge in [0.25, 0.3) is 0 Å². The first-order valence-corrected chi connectivity index (χ1v) is 6.34. The molecule has 0 radical (unpaired) electrons. The SMILES string of the molecule is CC(C#N)(Cc1ccccc1)c1ccc(Cl)cc1F. The van der Waals surface area contributed by atoms with Gasteiger partial charge < -0.3 is 0 Å². The van der Waals surface area contributed by atoms with E-state index in [9.17, 15) is 9.65 Å². The summed E-state index contributed by atoms with van der Waals surface area (Å²) < 4.78 is 14.0. The third kappa shape index (κ3) is 2.94. The molecule has 0 saturated heterocycles. The zero-order valence-corrected chi connectivity index (χ0v) is 11.3. The molecule has 0 N–H and O–H groups in total. The predicted molar refractivity (Wildman–Crippen MR) is 74.5 cm³/mol. The van der Waals surface area contributed by atoms with Crippen LogP contribution in [0.25, 0.3) is 0 Å². The van der Waals surface area contributed by atoms with Gasteiger partial charge in [-0.3, -0.25) is 0 Å². The van der Waals surface area contributed by atoms with Gasteiger partial charge in [-0.1, -0.05) is 48.0 Å². The maximum absolute atomic E-state index is 14.0. The smallest absolute Gasteiger partial charge is 0.129 e. The summed E-state index contributed by atoms with van der Waals surface area (Å²) in [6, 6.07) is 16.3. The van der Waals surface area contributed by atoms with E-state index in [1.54, 1.807) is 19.1 Å². The van der Waals surface area contributed by atoms with E-state index in [2.05, 4.69) is 6.07 Å². The molecule has 1 nitrogen and oxygen atoms in total. The average molecular weight is 274 g/mol. The van der Waals surface area contributed by atoms with Crippen LogP contribution in [0.4, 0.5) is 4.39 Å². The monoisotopic (exact) mass is 273 g/mol. The highest BCUT2D eigenvalue weighted by Gasteiger charge is 2.29. The van der Waals surface area contributed by atoms with Crippen molar-refractivity contribution in [3.05, 3.63) is 70.5 Å². The van der Waals surface area contributed by atoms with Crippen molar-refractivity contribution in [1.82, 2.24) is 0 Å². The topological polar surface area (TPSA) is 23.8 Å². The van der Waals surface area contributed by atoms with Gasteiger partial charge >= 0.3 is 0 Å². The van der Waals surface area contributed by atoms with Crippen LogP contribution in [0, 0.1) is 17.1 Å². The molecule has 0 amide bonds. The lowest BCUT2D eigenvalue weighted by Gasteiger charge is -2.23. The highest BCUT2D eigenvalue weighted by Crippen LogP contribution is 2.31. The minimum absolute atomic E-state index is 0.334. The van der Waals surface area contributed by atoms with Crippen molar-refractivity contribution in [1.29, 1.82) is 5.26 Å². The van der Waals surface area contributed by atoms with E-state index in [0.29, 0.717) is 17.0 Å². The lowest BCUT2D eigenvalue weighted by molar-refractivity contribution is 0.535. The summed E-state index contributed by atoms with van der Waals surface area (Å²) in [6.45, 7) is 1.74. The summed E-state index contributed by atoms with van der Waals surface area (Å²) in [4.78, 5) is 0. The van der Waals surface area contributed by atoms with Crippen molar-refractivity contribution in [2.45, 2.75) is 18.8 Å². The van der Waals surface area contributed by atoms with Gasteiger partial charge in [-0.05, 0) is 31.0 Å². The van der Waals surface area contributed by atoms with Crippen molar-refractivity contribution in [3.8, 4) is 6.07 Å². The molecule has 0 aliphatic rings. The lowest BCUT2D eigenvalue weighted by atomic mass is 9.78. The molecule has 0 aromatic heterocycles. The van der Waals surface area contributed by atoms with Gasteiger partial charge in [0, 0.05) is 10.6 Å². The van der Waals surface area contributed by atoms with E-state index in [1.807, 2.05) is 30.3 Å². The van der Waals surface area contributed by atoms with Crippen LogP contribution >= 0.6 is 11.6 Å². The molecular weight excluding hydrogens is 261 g/mol. The molecule has 96 valence electrons. The Kier molecular flexibility index (Phi) is 3.87. The fourth-order valence-corrected chi connectivity index (χ4v) is 2.29. The molecule has 0 aliphatic carbocycles. The number of hydrogen-bond donors (Lipinski definition) is 0. The fourth-order valence-electron chi connectivity index (χ4n) is 2.14. The molecule has 0 bridgehead atoms. The maximum atomic E-state index is 14.0. The van der Waals surface area contributed by atoms with Gasteiger partial charge in [0.05, 0.1) is 11.5 Å². The summed E-state index contributed by atoms with van der Waals surface area (Å²) in [5, 5.41) is 9.78. The van der Waals surface area contributed by atoms with Crippen LogP contribution in [0.5, 0.6) is 0 Å². The van der Waals surface area contributed by atoms with Crippen molar-refractivity contribution >= 4 is 11.6 Å². The van der Waals surface area contributed by atoms with Crippen LogP contribution in [0.3, 0.4) is 0 Å². The molecule has 2 rings (SSSR count). The minimum Gasteiger partial charge on any atom is -0.207 e. The van der Waals surface area contributed by atoms with Crippen molar-refractivity contribution in [2.24, 2.45) is 0 Å². The van der Waals surface area contributed by atoms with Crippen LogP contribution in [-0.2, 0) is 11.8 Å². The predicted octanol–water partition coefficient (Wildman–Crippen LogP) is 4.50. The second-order valence-corrected chi connectivity index (χ2v) is 5.17.